The van der Waals surface area contributed by atoms with Crippen molar-refractivity contribution < 1.29 is 0 Å². The number of benzene rings is 1. The van der Waals surface area contributed by atoms with Gasteiger partial charge in [-0.15, -0.1) is 11.6 Å². The topological polar surface area (TPSA) is 44.9 Å². The molecule has 0 bridgehead atoms. The number of hydrogen-bond donors (Lipinski definition) is 0. The molecular formula is C15H19ClN4. The third-order valence-corrected chi connectivity index (χ3v) is 3.55. The monoisotopic (exact) mass is 290 g/mol. The lowest BCUT2D eigenvalue weighted by molar-refractivity contribution is 0.388. The maximum Gasteiger partial charge on any atom is 0.124 e. The molecule has 0 saturated carbocycles. The molecule has 0 atom stereocenters. The van der Waals surface area contributed by atoms with Crippen molar-refractivity contribution in [2.45, 2.75) is 25.3 Å². The number of imidazole rings is 1. The molecule has 2 aromatic rings. The Morgan fingerprint density at radius 1 is 1.35 bits per heavy atom. The van der Waals surface area contributed by atoms with E-state index in [1.54, 1.807) is 6.07 Å². The highest BCUT2D eigenvalue weighted by Gasteiger charge is 2.10. The van der Waals surface area contributed by atoms with Crippen molar-refractivity contribution in [3.05, 3.63) is 29.6 Å². The smallest absolute Gasteiger partial charge is 0.124 e. The molecule has 0 aliphatic carbocycles. The molecule has 0 amide bonds. The van der Waals surface area contributed by atoms with Crippen LogP contribution in [0.1, 0.15) is 24.2 Å². The molecule has 1 aromatic heterocycles. The van der Waals surface area contributed by atoms with Gasteiger partial charge in [-0.1, -0.05) is 0 Å². The summed E-state index contributed by atoms with van der Waals surface area (Å²) in [6.45, 7) is 1.97. The number of aryl methyl sites for hydroxylation is 1. The van der Waals surface area contributed by atoms with Gasteiger partial charge in [0.2, 0.25) is 0 Å². The predicted molar refractivity (Wildman–Crippen MR) is 81.8 cm³/mol. The molecule has 0 spiro atoms. The second-order valence-electron chi connectivity index (χ2n) is 5.14. The molecule has 0 saturated heterocycles. The maximum atomic E-state index is 9.02. The normalized spacial score (nSPS) is 11.2. The number of aromatic nitrogens is 2. The molecule has 106 valence electrons. The molecule has 4 nitrogen and oxygen atoms in total. The minimum Gasteiger partial charge on any atom is -0.327 e. The summed E-state index contributed by atoms with van der Waals surface area (Å²) in [5.41, 5.74) is 2.57. The third kappa shape index (κ3) is 3.30. The zero-order valence-corrected chi connectivity index (χ0v) is 12.7. The molecule has 0 aliphatic rings. The fourth-order valence-electron chi connectivity index (χ4n) is 2.29. The summed E-state index contributed by atoms with van der Waals surface area (Å²) in [5, 5.41) is 9.02. The average Bonchev–Trinajstić information content (AvgIpc) is 2.80. The fourth-order valence-corrected chi connectivity index (χ4v) is 2.50. The van der Waals surface area contributed by atoms with Gasteiger partial charge in [-0.05, 0) is 51.7 Å². The van der Waals surface area contributed by atoms with Crippen LogP contribution >= 0.6 is 11.6 Å². The second-order valence-corrected chi connectivity index (χ2v) is 5.41. The predicted octanol–water partition coefficient (Wildman–Crippen LogP) is 2.99. The zero-order chi connectivity index (χ0) is 14.5. The van der Waals surface area contributed by atoms with Crippen molar-refractivity contribution in [3.8, 4) is 6.07 Å². The van der Waals surface area contributed by atoms with E-state index in [0.29, 0.717) is 11.4 Å². The van der Waals surface area contributed by atoms with Gasteiger partial charge in [0, 0.05) is 6.54 Å². The molecule has 1 aromatic carbocycles. The fraction of sp³-hybridized carbons (Fsp3) is 0.467. The van der Waals surface area contributed by atoms with Crippen molar-refractivity contribution in [3.63, 3.8) is 0 Å². The summed E-state index contributed by atoms with van der Waals surface area (Å²) in [7, 11) is 4.16. The maximum absolute atomic E-state index is 9.02. The minimum absolute atomic E-state index is 0.393. The van der Waals surface area contributed by atoms with Gasteiger partial charge in [0.05, 0.1) is 28.5 Å². The Balaban J connectivity index is 2.23. The lowest BCUT2D eigenvalue weighted by Gasteiger charge is -2.11. The number of fused-ring (bicyclic) bond motifs is 1. The highest BCUT2D eigenvalue weighted by Crippen LogP contribution is 2.20. The quantitative estimate of drug-likeness (QED) is 0.607. The number of unbranched alkanes of at least 4 members (excludes halogenated alkanes) is 1. The van der Waals surface area contributed by atoms with E-state index in [1.165, 1.54) is 0 Å². The summed E-state index contributed by atoms with van der Waals surface area (Å²) < 4.78 is 2.14. The first-order chi connectivity index (χ1) is 9.65. The van der Waals surface area contributed by atoms with E-state index in [-0.39, 0.29) is 0 Å². The van der Waals surface area contributed by atoms with Gasteiger partial charge in [-0.25, -0.2) is 4.98 Å². The third-order valence-electron chi connectivity index (χ3n) is 3.31. The summed E-state index contributed by atoms with van der Waals surface area (Å²) in [6, 6.07) is 7.75. The van der Waals surface area contributed by atoms with E-state index in [9.17, 15) is 0 Å². The van der Waals surface area contributed by atoms with E-state index < -0.39 is 0 Å². The Hall–Kier alpha value is -1.57. The first-order valence-corrected chi connectivity index (χ1v) is 7.29. The van der Waals surface area contributed by atoms with E-state index in [1.807, 2.05) is 12.1 Å². The Morgan fingerprint density at radius 3 is 2.80 bits per heavy atom. The van der Waals surface area contributed by atoms with Gasteiger partial charge < -0.3 is 9.47 Å². The van der Waals surface area contributed by atoms with Gasteiger partial charge in [-0.2, -0.15) is 5.26 Å². The van der Waals surface area contributed by atoms with Crippen LogP contribution in [0.3, 0.4) is 0 Å². The lowest BCUT2D eigenvalue weighted by atomic mass is 10.2. The molecule has 0 N–H and O–H groups in total. The zero-order valence-electron chi connectivity index (χ0n) is 11.9. The highest BCUT2D eigenvalue weighted by molar-refractivity contribution is 6.16. The van der Waals surface area contributed by atoms with Crippen molar-refractivity contribution >= 4 is 22.6 Å². The number of hydrogen-bond acceptors (Lipinski definition) is 3. The number of nitriles is 1. The Labute approximate surface area is 124 Å². The molecule has 5 heteroatoms. The highest BCUT2D eigenvalue weighted by atomic mass is 35.5. The van der Waals surface area contributed by atoms with Crippen molar-refractivity contribution in [2.75, 3.05) is 20.6 Å². The molecular weight excluding hydrogens is 272 g/mol. The van der Waals surface area contributed by atoms with Gasteiger partial charge in [0.15, 0.2) is 0 Å². The molecule has 0 fully saturated rings. The molecule has 2 rings (SSSR count). The second kappa shape index (κ2) is 6.74. The molecule has 0 aliphatic heterocycles. The van der Waals surface area contributed by atoms with Crippen LogP contribution in [0.15, 0.2) is 18.2 Å². The molecule has 0 radical (unpaired) electrons. The van der Waals surface area contributed by atoms with Crippen LogP contribution in [0.2, 0.25) is 0 Å². The van der Waals surface area contributed by atoms with Crippen molar-refractivity contribution in [1.82, 2.24) is 14.5 Å². The van der Waals surface area contributed by atoms with E-state index in [2.05, 4.69) is 34.6 Å². The number of halogens is 1. The van der Waals surface area contributed by atoms with Gasteiger partial charge in [0.25, 0.3) is 0 Å². The minimum atomic E-state index is 0.393. The van der Waals surface area contributed by atoms with Crippen LogP contribution in [0, 0.1) is 11.3 Å². The van der Waals surface area contributed by atoms with E-state index >= 15 is 0 Å². The standard InChI is InChI=1S/C15H19ClN4/c1-19(2)7-3-4-8-20-14-9-12(11-17)5-6-13(14)18-15(20)10-16/h5-6,9H,3-4,7-8,10H2,1-2H3. The largest absolute Gasteiger partial charge is 0.327 e. The van der Waals surface area contributed by atoms with Crippen LogP contribution in [0.4, 0.5) is 0 Å². The van der Waals surface area contributed by atoms with Crippen LogP contribution in [0.25, 0.3) is 11.0 Å². The Bertz CT molecular complexity index is 625. The van der Waals surface area contributed by atoms with Crippen molar-refractivity contribution in [2.24, 2.45) is 0 Å². The summed E-state index contributed by atoms with van der Waals surface area (Å²) in [5.74, 6) is 1.27. The van der Waals surface area contributed by atoms with Crippen molar-refractivity contribution in [1.29, 1.82) is 5.26 Å². The average molecular weight is 291 g/mol. The van der Waals surface area contributed by atoms with E-state index in [0.717, 1.165) is 42.8 Å². The Morgan fingerprint density at radius 2 is 2.15 bits per heavy atom. The summed E-state index contributed by atoms with van der Waals surface area (Å²) >= 11 is 5.98. The lowest BCUT2D eigenvalue weighted by Crippen LogP contribution is -2.13. The van der Waals surface area contributed by atoms with Gasteiger partial charge in [0.1, 0.15) is 5.82 Å². The first kappa shape index (κ1) is 14.8. The van der Waals surface area contributed by atoms with Crippen LogP contribution in [0.5, 0.6) is 0 Å². The number of rotatable bonds is 6. The van der Waals surface area contributed by atoms with Gasteiger partial charge >= 0.3 is 0 Å². The first-order valence-electron chi connectivity index (χ1n) is 6.75. The van der Waals surface area contributed by atoms with Gasteiger partial charge in [-0.3, -0.25) is 0 Å². The molecule has 0 unspecified atom stereocenters. The number of nitrogens with zero attached hydrogens (tertiary/aromatic N) is 4. The molecule has 1 heterocycles. The number of alkyl halides is 1. The molecule has 20 heavy (non-hydrogen) atoms. The van der Waals surface area contributed by atoms with E-state index in [4.69, 9.17) is 16.9 Å². The summed E-state index contributed by atoms with van der Waals surface area (Å²) in [4.78, 5) is 6.71. The Kier molecular flexibility index (Phi) is 4.99. The SMILES string of the molecule is CN(C)CCCCn1c(CCl)nc2ccc(C#N)cc21. The van der Waals surface area contributed by atoms with Crippen LogP contribution < -0.4 is 0 Å². The van der Waals surface area contributed by atoms with Crippen LogP contribution in [-0.4, -0.2) is 35.1 Å². The van der Waals surface area contributed by atoms with Crippen LogP contribution in [-0.2, 0) is 12.4 Å². The summed E-state index contributed by atoms with van der Waals surface area (Å²) in [6.07, 6.45) is 2.21.